The maximum atomic E-state index is 12.1. The number of nitrogens with one attached hydrogen (secondary N) is 1. The standard InChI is InChI=1S/C31H33N9O2/c1-2-42-31(41)38-17-12-21(13-18-38)35-25-9-6-20-19-22(7-8-23(20)25)40-29(24-5-3-14-33-28(24)32)36-26-10-11-27(37-30(26)40)39-16-4-15-34-39/h3-5,7-8,10-11,14-16,19,21,25,35H,2,6,9,12-13,17-18H2,1H3,(H2,32,33)/t25-/m0/s1. The molecule has 2 aliphatic rings. The minimum atomic E-state index is -0.208. The summed E-state index contributed by atoms with van der Waals surface area (Å²) in [6.45, 7) is 3.69. The van der Waals surface area contributed by atoms with Gasteiger partial charge in [0, 0.05) is 49.5 Å². The quantitative estimate of drug-likeness (QED) is 0.310. The SMILES string of the molecule is CCOC(=O)N1CCC(N[C@H]2CCc3cc(-n4c(-c5cccnc5N)nc5ccc(-n6cccn6)nc54)ccc32)CC1. The number of benzene rings is 1. The lowest BCUT2D eigenvalue weighted by molar-refractivity contribution is 0.0942. The van der Waals surface area contributed by atoms with Crippen molar-refractivity contribution in [2.45, 2.75) is 44.7 Å². The highest BCUT2D eigenvalue weighted by Gasteiger charge is 2.29. The molecule has 0 bridgehead atoms. The fourth-order valence-electron chi connectivity index (χ4n) is 6.16. The van der Waals surface area contributed by atoms with Crippen LogP contribution in [0, 0.1) is 0 Å². The zero-order chi connectivity index (χ0) is 28.6. The van der Waals surface area contributed by atoms with Gasteiger partial charge < -0.3 is 20.7 Å². The van der Waals surface area contributed by atoms with Crippen LogP contribution < -0.4 is 11.1 Å². The third-order valence-corrected chi connectivity index (χ3v) is 8.23. The number of nitrogens with zero attached hydrogens (tertiary/aromatic N) is 7. The molecule has 1 atom stereocenters. The molecule has 1 aliphatic heterocycles. The lowest BCUT2D eigenvalue weighted by Crippen LogP contribution is -2.45. The van der Waals surface area contributed by atoms with Crippen LogP contribution in [0.3, 0.4) is 0 Å². The van der Waals surface area contributed by atoms with Crippen molar-refractivity contribution >= 4 is 23.1 Å². The third kappa shape index (κ3) is 4.75. The van der Waals surface area contributed by atoms with Crippen LogP contribution >= 0.6 is 0 Å². The fraction of sp³-hybridized carbons (Fsp3) is 0.323. The van der Waals surface area contributed by atoms with Gasteiger partial charge in [-0.15, -0.1) is 0 Å². The van der Waals surface area contributed by atoms with Crippen LogP contribution in [0.15, 0.2) is 67.1 Å². The molecule has 5 aromatic rings. The van der Waals surface area contributed by atoms with Crippen LogP contribution in [0.4, 0.5) is 10.6 Å². The third-order valence-electron chi connectivity index (χ3n) is 8.23. The van der Waals surface area contributed by atoms with Crippen molar-refractivity contribution in [2.75, 3.05) is 25.4 Å². The first-order chi connectivity index (χ1) is 20.6. The van der Waals surface area contributed by atoms with E-state index in [2.05, 4.69) is 38.2 Å². The van der Waals surface area contributed by atoms with Crippen molar-refractivity contribution < 1.29 is 9.53 Å². The molecule has 42 heavy (non-hydrogen) atoms. The summed E-state index contributed by atoms with van der Waals surface area (Å²) in [4.78, 5) is 28.2. The van der Waals surface area contributed by atoms with Crippen LogP contribution in [0.5, 0.6) is 0 Å². The molecule has 11 heteroatoms. The van der Waals surface area contributed by atoms with Crippen molar-refractivity contribution in [2.24, 2.45) is 0 Å². The first-order valence-corrected chi connectivity index (χ1v) is 14.5. The Hall–Kier alpha value is -4.77. The summed E-state index contributed by atoms with van der Waals surface area (Å²) in [5.74, 6) is 1.82. The summed E-state index contributed by atoms with van der Waals surface area (Å²) >= 11 is 0. The molecule has 214 valence electrons. The summed E-state index contributed by atoms with van der Waals surface area (Å²) < 4.78 is 8.99. The number of nitrogens with two attached hydrogens (primary N) is 1. The van der Waals surface area contributed by atoms with Gasteiger partial charge in [0.25, 0.3) is 0 Å². The van der Waals surface area contributed by atoms with E-state index in [0.717, 1.165) is 61.2 Å². The molecular weight excluding hydrogens is 530 g/mol. The van der Waals surface area contributed by atoms with Gasteiger partial charge in [-0.05, 0) is 86.2 Å². The molecule has 5 heterocycles. The summed E-state index contributed by atoms with van der Waals surface area (Å²) in [5.41, 5.74) is 12.2. The normalized spacial score (nSPS) is 17.1. The number of anilines is 1. The molecule has 11 nitrogen and oxygen atoms in total. The summed E-state index contributed by atoms with van der Waals surface area (Å²) in [6.07, 6.45) is 8.94. The van der Waals surface area contributed by atoms with Crippen molar-refractivity contribution in [1.29, 1.82) is 0 Å². The van der Waals surface area contributed by atoms with E-state index in [9.17, 15) is 4.79 Å². The second-order valence-corrected chi connectivity index (χ2v) is 10.8. The monoisotopic (exact) mass is 563 g/mol. The number of ether oxygens (including phenoxy) is 1. The molecule has 0 radical (unpaired) electrons. The zero-order valence-corrected chi connectivity index (χ0v) is 23.5. The van der Waals surface area contributed by atoms with Gasteiger partial charge in [0.15, 0.2) is 17.3 Å². The highest BCUT2D eigenvalue weighted by Crippen LogP contribution is 2.36. The number of aromatic nitrogens is 6. The summed E-state index contributed by atoms with van der Waals surface area (Å²) in [5, 5.41) is 8.23. The minimum Gasteiger partial charge on any atom is -0.450 e. The maximum Gasteiger partial charge on any atom is 0.409 e. The molecule has 7 rings (SSSR count). The summed E-state index contributed by atoms with van der Waals surface area (Å²) in [7, 11) is 0. The Morgan fingerprint density at radius 3 is 2.74 bits per heavy atom. The Bertz CT molecular complexity index is 1740. The second-order valence-electron chi connectivity index (χ2n) is 10.8. The summed E-state index contributed by atoms with van der Waals surface area (Å²) in [6, 6.07) is 16.8. The Balaban J connectivity index is 1.21. The van der Waals surface area contributed by atoms with E-state index >= 15 is 0 Å². The second kappa shape index (κ2) is 10.9. The van der Waals surface area contributed by atoms with E-state index in [-0.39, 0.29) is 12.1 Å². The molecule has 1 fully saturated rings. The van der Waals surface area contributed by atoms with E-state index in [1.165, 1.54) is 11.1 Å². The predicted molar refractivity (Wildman–Crippen MR) is 159 cm³/mol. The zero-order valence-electron chi connectivity index (χ0n) is 23.5. The molecule has 0 spiro atoms. The number of aryl methyl sites for hydroxylation is 1. The number of likely N-dealkylation sites (tertiary alicyclic amines) is 1. The van der Waals surface area contributed by atoms with Gasteiger partial charge in [0.1, 0.15) is 11.3 Å². The van der Waals surface area contributed by atoms with E-state index in [1.807, 2.05) is 48.4 Å². The van der Waals surface area contributed by atoms with Gasteiger partial charge in [0.2, 0.25) is 0 Å². The lowest BCUT2D eigenvalue weighted by atomic mass is 10.0. The van der Waals surface area contributed by atoms with Crippen molar-refractivity contribution in [3.63, 3.8) is 0 Å². The van der Waals surface area contributed by atoms with Crippen molar-refractivity contribution in [3.8, 4) is 22.9 Å². The number of carbonyl (C=O) groups is 1. The first-order valence-electron chi connectivity index (χ1n) is 14.5. The van der Waals surface area contributed by atoms with E-state index in [4.69, 9.17) is 20.4 Å². The van der Waals surface area contributed by atoms with Gasteiger partial charge in [-0.1, -0.05) is 6.07 Å². The average Bonchev–Trinajstić information content (AvgIpc) is 3.77. The number of pyridine rings is 2. The number of fused-ring (bicyclic) bond motifs is 2. The van der Waals surface area contributed by atoms with E-state index in [1.54, 1.807) is 17.1 Å². The minimum absolute atomic E-state index is 0.208. The number of hydrogen-bond acceptors (Lipinski definition) is 8. The highest BCUT2D eigenvalue weighted by atomic mass is 16.6. The number of hydrogen-bond donors (Lipinski definition) is 2. The number of piperidine rings is 1. The van der Waals surface area contributed by atoms with Crippen LogP contribution in [0.1, 0.15) is 43.4 Å². The molecule has 1 aromatic carbocycles. The van der Waals surface area contributed by atoms with Gasteiger partial charge >= 0.3 is 6.09 Å². The Kier molecular flexibility index (Phi) is 6.79. The van der Waals surface area contributed by atoms with Gasteiger partial charge in [-0.25, -0.2) is 24.4 Å². The molecule has 0 unspecified atom stereocenters. The maximum absolute atomic E-state index is 12.1. The molecule has 1 aliphatic carbocycles. The number of imidazole rings is 1. The van der Waals surface area contributed by atoms with Crippen molar-refractivity contribution in [1.82, 2.24) is 39.5 Å². The van der Waals surface area contributed by atoms with Gasteiger partial charge in [-0.2, -0.15) is 5.10 Å². The number of amides is 1. The Labute approximate surface area is 243 Å². The predicted octanol–water partition coefficient (Wildman–Crippen LogP) is 4.45. The molecule has 1 saturated heterocycles. The Morgan fingerprint density at radius 2 is 1.95 bits per heavy atom. The van der Waals surface area contributed by atoms with E-state index < -0.39 is 0 Å². The molecule has 1 amide bonds. The van der Waals surface area contributed by atoms with Crippen molar-refractivity contribution in [3.05, 3.63) is 78.2 Å². The average molecular weight is 564 g/mol. The fourth-order valence-corrected chi connectivity index (χ4v) is 6.16. The highest BCUT2D eigenvalue weighted by molar-refractivity contribution is 5.83. The largest absolute Gasteiger partial charge is 0.450 e. The van der Waals surface area contributed by atoms with Gasteiger partial charge in [-0.3, -0.25) is 4.57 Å². The van der Waals surface area contributed by atoms with Gasteiger partial charge in [0.05, 0.1) is 12.2 Å². The molecule has 4 aromatic heterocycles. The Morgan fingerprint density at radius 1 is 1.07 bits per heavy atom. The topological polar surface area (TPSA) is 129 Å². The van der Waals surface area contributed by atoms with Crippen LogP contribution in [0.25, 0.3) is 34.1 Å². The van der Waals surface area contributed by atoms with Crippen LogP contribution in [-0.2, 0) is 11.2 Å². The lowest BCUT2D eigenvalue weighted by Gasteiger charge is -2.33. The molecular formula is C31H33N9O2. The number of carbonyl (C=O) groups excluding carboxylic acids is 1. The number of rotatable bonds is 6. The van der Waals surface area contributed by atoms with Crippen LogP contribution in [0.2, 0.25) is 0 Å². The number of nitrogen functional groups attached to an aromatic ring is 1. The smallest absolute Gasteiger partial charge is 0.409 e. The first kappa shape index (κ1) is 26.1. The molecule has 0 saturated carbocycles. The molecule has 3 N–H and O–H groups in total. The van der Waals surface area contributed by atoms with E-state index in [0.29, 0.717) is 30.1 Å². The van der Waals surface area contributed by atoms with Crippen LogP contribution in [-0.4, -0.2) is 66.0 Å².